The van der Waals surface area contributed by atoms with Crippen molar-refractivity contribution in [3.05, 3.63) is 64.2 Å². The summed E-state index contributed by atoms with van der Waals surface area (Å²) in [7, 11) is 0. The lowest BCUT2D eigenvalue weighted by Gasteiger charge is -2.15. The maximum absolute atomic E-state index is 12.6. The summed E-state index contributed by atoms with van der Waals surface area (Å²) in [6.45, 7) is 1.72. The van der Waals surface area contributed by atoms with E-state index < -0.39 is 16.1 Å². The second-order valence-corrected chi connectivity index (χ2v) is 7.12. The van der Waals surface area contributed by atoms with Crippen molar-refractivity contribution < 1.29 is 14.5 Å². The Morgan fingerprint density at radius 3 is 2.67 bits per heavy atom. The first kappa shape index (κ1) is 18.6. The van der Waals surface area contributed by atoms with E-state index in [2.05, 4.69) is 5.32 Å². The molecule has 9 heteroatoms. The maximum atomic E-state index is 12.6. The number of thioether (sulfide) groups is 1. The number of hydrogen-bond acceptors (Lipinski definition) is 6. The minimum absolute atomic E-state index is 0.0653. The van der Waals surface area contributed by atoms with E-state index in [0.717, 1.165) is 11.8 Å². The van der Waals surface area contributed by atoms with Crippen molar-refractivity contribution in [1.29, 1.82) is 5.41 Å². The van der Waals surface area contributed by atoms with E-state index in [9.17, 15) is 19.7 Å². The number of benzene rings is 2. The van der Waals surface area contributed by atoms with Gasteiger partial charge in [-0.1, -0.05) is 36.0 Å². The number of nitrogens with one attached hydrogen (secondary N) is 2. The van der Waals surface area contributed by atoms with E-state index >= 15 is 0 Å². The molecular formula is C18H16N4O4S. The number of anilines is 2. The van der Waals surface area contributed by atoms with Crippen molar-refractivity contribution in [3.8, 4) is 0 Å². The molecule has 27 heavy (non-hydrogen) atoms. The van der Waals surface area contributed by atoms with Gasteiger partial charge in [-0.3, -0.25) is 30.0 Å². The van der Waals surface area contributed by atoms with E-state index in [-0.39, 0.29) is 23.2 Å². The summed E-state index contributed by atoms with van der Waals surface area (Å²) in [5.74, 6) is -0.769. The summed E-state index contributed by atoms with van der Waals surface area (Å²) in [6, 6.07) is 13.0. The Morgan fingerprint density at radius 1 is 1.30 bits per heavy atom. The second-order valence-electron chi connectivity index (χ2n) is 5.93. The van der Waals surface area contributed by atoms with Crippen LogP contribution >= 0.6 is 11.8 Å². The van der Waals surface area contributed by atoms with Crippen LogP contribution in [0.15, 0.2) is 48.5 Å². The van der Waals surface area contributed by atoms with Crippen LogP contribution in [0.2, 0.25) is 0 Å². The first-order chi connectivity index (χ1) is 12.9. The van der Waals surface area contributed by atoms with E-state index in [1.54, 1.807) is 37.3 Å². The van der Waals surface area contributed by atoms with Gasteiger partial charge in [0.25, 0.3) is 5.69 Å². The van der Waals surface area contributed by atoms with Crippen LogP contribution in [0.3, 0.4) is 0 Å². The van der Waals surface area contributed by atoms with Gasteiger partial charge in [-0.2, -0.15) is 0 Å². The fraction of sp³-hybridized carbons (Fsp3) is 0.167. The SMILES string of the molecule is Cc1ccc([N+](=O)[O-])cc1NC(=O)CC1SC(=N)N(c2ccccc2)C1=O. The van der Waals surface area contributed by atoms with Gasteiger partial charge in [0.1, 0.15) is 5.25 Å². The lowest BCUT2D eigenvalue weighted by molar-refractivity contribution is -0.384. The van der Waals surface area contributed by atoms with Crippen molar-refractivity contribution in [2.75, 3.05) is 10.2 Å². The highest BCUT2D eigenvalue weighted by atomic mass is 32.2. The monoisotopic (exact) mass is 384 g/mol. The Labute approximate surface area is 159 Å². The van der Waals surface area contributed by atoms with Gasteiger partial charge in [-0.15, -0.1) is 0 Å². The molecule has 0 spiro atoms. The molecule has 1 heterocycles. The number of amides is 2. The molecule has 1 fully saturated rings. The predicted molar refractivity (Wildman–Crippen MR) is 104 cm³/mol. The number of hydrogen-bond donors (Lipinski definition) is 2. The number of carbonyl (C=O) groups excluding carboxylic acids is 2. The number of nitro benzene ring substituents is 1. The maximum Gasteiger partial charge on any atom is 0.271 e. The molecular weight excluding hydrogens is 368 g/mol. The van der Waals surface area contributed by atoms with Crippen molar-refractivity contribution in [2.45, 2.75) is 18.6 Å². The standard InChI is InChI=1S/C18H16N4O4S/c1-11-7-8-13(22(25)26)9-14(11)20-16(23)10-15-17(24)21(18(19)27-15)12-5-3-2-4-6-12/h2-9,15,19H,10H2,1H3,(H,20,23). The number of amidine groups is 1. The minimum atomic E-state index is -0.711. The third-order valence-electron chi connectivity index (χ3n) is 4.04. The number of nitrogens with zero attached hydrogens (tertiary/aromatic N) is 2. The van der Waals surface area contributed by atoms with E-state index in [0.29, 0.717) is 16.9 Å². The highest BCUT2D eigenvalue weighted by Crippen LogP contribution is 2.33. The third kappa shape index (κ3) is 3.98. The summed E-state index contributed by atoms with van der Waals surface area (Å²) in [6.07, 6.45) is -0.128. The van der Waals surface area contributed by atoms with Crippen molar-refractivity contribution in [1.82, 2.24) is 0 Å². The van der Waals surface area contributed by atoms with Gasteiger partial charge in [-0.05, 0) is 24.6 Å². The van der Waals surface area contributed by atoms with Gasteiger partial charge in [0.15, 0.2) is 5.17 Å². The molecule has 3 rings (SSSR count). The molecule has 1 aliphatic heterocycles. The summed E-state index contributed by atoms with van der Waals surface area (Å²) in [5, 5.41) is 20.9. The predicted octanol–water partition coefficient (Wildman–Crippen LogP) is 3.32. The van der Waals surface area contributed by atoms with Gasteiger partial charge >= 0.3 is 0 Å². The Bertz CT molecular complexity index is 932. The summed E-state index contributed by atoms with van der Waals surface area (Å²) < 4.78 is 0. The van der Waals surface area contributed by atoms with Gasteiger partial charge < -0.3 is 5.32 Å². The zero-order chi connectivity index (χ0) is 19.6. The molecule has 1 aliphatic rings. The van der Waals surface area contributed by atoms with E-state index in [1.807, 2.05) is 6.07 Å². The zero-order valence-electron chi connectivity index (χ0n) is 14.3. The molecule has 138 valence electrons. The van der Waals surface area contributed by atoms with Crippen molar-refractivity contribution in [3.63, 3.8) is 0 Å². The molecule has 0 radical (unpaired) electrons. The molecule has 0 aliphatic carbocycles. The number of rotatable bonds is 5. The fourth-order valence-corrected chi connectivity index (χ4v) is 3.67. The van der Waals surface area contributed by atoms with Gasteiger partial charge in [0.05, 0.1) is 16.3 Å². The highest BCUT2D eigenvalue weighted by molar-refractivity contribution is 8.16. The average Bonchev–Trinajstić information content (AvgIpc) is 2.90. The molecule has 2 aromatic carbocycles. The quantitative estimate of drug-likeness (QED) is 0.606. The number of para-hydroxylation sites is 1. The van der Waals surface area contributed by atoms with Crippen LogP contribution in [0.25, 0.3) is 0 Å². The Balaban J connectivity index is 1.70. The molecule has 2 amide bonds. The number of carbonyl (C=O) groups is 2. The molecule has 0 aromatic heterocycles. The summed E-state index contributed by atoms with van der Waals surface area (Å²) >= 11 is 1.02. The number of nitro groups is 1. The normalized spacial score (nSPS) is 16.5. The van der Waals surface area contributed by atoms with Crippen LogP contribution in [0, 0.1) is 22.4 Å². The van der Waals surface area contributed by atoms with Crippen LogP contribution < -0.4 is 10.2 Å². The third-order valence-corrected chi connectivity index (χ3v) is 5.10. The second kappa shape index (κ2) is 7.58. The largest absolute Gasteiger partial charge is 0.326 e. The minimum Gasteiger partial charge on any atom is -0.326 e. The lowest BCUT2D eigenvalue weighted by Crippen LogP contribution is -2.33. The topological polar surface area (TPSA) is 116 Å². The zero-order valence-corrected chi connectivity index (χ0v) is 15.2. The van der Waals surface area contributed by atoms with Gasteiger partial charge in [0.2, 0.25) is 11.8 Å². The first-order valence-corrected chi connectivity index (χ1v) is 8.94. The Kier molecular flexibility index (Phi) is 5.22. The number of non-ortho nitro benzene ring substituents is 1. The first-order valence-electron chi connectivity index (χ1n) is 8.06. The summed E-state index contributed by atoms with van der Waals surface area (Å²) in [4.78, 5) is 36.6. The number of aryl methyl sites for hydroxylation is 1. The van der Waals surface area contributed by atoms with E-state index in [1.165, 1.54) is 17.0 Å². The van der Waals surface area contributed by atoms with E-state index in [4.69, 9.17) is 5.41 Å². The molecule has 1 atom stereocenters. The van der Waals surface area contributed by atoms with Crippen LogP contribution in [-0.4, -0.2) is 27.2 Å². The lowest BCUT2D eigenvalue weighted by atomic mass is 10.1. The van der Waals surface area contributed by atoms with Crippen molar-refractivity contribution in [2.24, 2.45) is 0 Å². The fourth-order valence-electron chi connectivity index (χ4n) is 2.66. The molecule has 0 saturated carbocycles. The van der Waals surface area contributed by atoms with Crippen molar-refractivity contribution >= 4 is 45.8 Å². The molecule has 0 bridgehead atoms. The van der Waals surface area contributed by atoms with Gasteiger partial charge in [0, 0.05) is 18.6 Å². The van der Waals surface area contributed by atoms with Crippen LogP contribution in [-0.2, 0) is 9.59 Å². The molecule has 1 saturated heterocycles. The Morgan fingerprint density at radius 2 is 2.00 bits per heavy atom. The molecule has 2 aromatic rings. The molecule has 8 nitrogen and oxygen atoms in total. The summed E-state index contributed by atoms with van der Waals surface area (Å²) in [5.41, 5.74) is 1.47. The average molecular weight is 384 g/mol. The van der Waals surface area contributed by atoms with Crippen LogP contribution in [0.4, 0.5) is 17.1 Å². The molecule has 1 unspecified atom stereocenters. The van der Waals surface area contributed by atoms with Crippen LogP contribution in [0.5, 0.6) is 0 Å². The van der Waals surface area contributed by atoms with Gasteiger partial charge in [-0.25, -0.2) is 0 Å². The van der Waals surface area contributed by atoms with Crippen LogP contribution in [0.1, 0.15) is 12.0 Å². The molecule has 2 N–H and O–H groups in total. The Hall–Kier alpha value is -3.20. The smallest absolute Gasteiger partial charge is 0.271 e. The highest BCUT2D eigenvalue weighted by Gasteiger charge is 2.39.